The second kappa shape index (κ2) is 6.55. The molecule has 1 rings (SSSR count). The summed E-state index contributed by atoms with van der Waals surface area (Å²) >= 11 is 0. The van der Waals surface area contributed by atoms with Crippen LogP contribution in [0.2, 0.25) is 0 Å². The monoisotopic (exact) mass is 229 g/mol. The van der Waals surface area contributed by atoms with Crippen molar-refractivity contribution in [1.82, 2.24) is 9.80 Å². The number of hydrogen-bond donors (Lipinski definition) is 2. The Bertz CT molecular complexity index is 199. The molecule has 0 aliphatic carbocycles. The Morgan fingerprint density at radius 1 is 1.50 bits per heavy atom. The fourth-order valence-electron chi connectivity index (χ4n) is 2.50. The van der Waals surface area contributed by atoms with Crippen LogP contribution in [0.5, 0.6) is 0 Å². The zero-order valence-corrected chi connectivity index (χ0v) is 10.9. The number of aliphatic hydroxyl groups excluding tert-OH is 1. The van der Waals surface area contributed by atoms with Crippen molar-refractivity contribution in [2.75, 3.05) is 33.8 Å². The summed E-state index contributed by atoms with van der Waals surface area (Å²) < 4.78 is 0. The molecule has 3 unspecified atom stereocenters. The normalized spacial score (nSPS) is 27.0. The number of piperidine rings is 1. The summed E-state index contributed by atoms with van der Waals surface area (Å²) in [7, 11) is 4.25. The number of nitrogens with zero attached hydrogens (tertiary/aromatic N) is 2. The van der Waals surface area contributed by atoms with Gasteiger partial charge in [-0.05, 0) is 39.9 Å². The van der Waals surface area contributed by atoms with Gasteiger partial charge in [-0.3, -0.25) is 4.90 Å². The molecule has 0 bridgehead atoms. The van der Waals surface area contributed by atoms with Crippen molar-refractivity contribution < 1.29 is 5.11 Å². The van der Waals surface area contributed by atoms with Crippen LogP contribution < -0.4 is 5.73 Å². The first kappa shape index (κ1) is 13.9. The Morgan fingerprint density at radius 2 is 2.19 bits per heavy atom. The molecule has 0 radical (unpaired) electrons. The molecule has 0 aromatic heterocycles. The summed E-state index contributed by atoms with van der Waals surface area (Å²) in [5.41, 5.74) is 6.06. The van der Waals surface area contributed by atoms with Crippen LogP contribution in [-0.4, -0.2) is 66.8 Å². The molecule has 96 valence electrons. The number of rotatable bonds is 5. The first-order valence-corrected chi connectivity index (χ1v) is 6.37. The lowest BCUT2D eigenvalue weighted by atomic mass is 9.99. The summed E-state index contributed by atoms with van der Waals surface area (Å²) in [6.07, 6.45) is 3.38. The second-order valence-electron chi connectivity index (χ2n) is 5.08. The molecule has 1 fully saturated rings. The van der Waals surface area contributed by atoms with E-state index >= 15 is 0 Å². The molecule has 0 amide bonds. The summed E-state index contributed by atoms with van der Waals surface area (Å²) in [6.45, 7) is 4.37. The average Bonchev–Trinajstić information content (AvgIpc) is 2.30. The van der Waals surface area contributed by atoms with E-state index in [1.807, 2.05) is 0 Å². The van der Waals surface area contributed by atoms with Crippen LogP contribution in [0.1, 0.15) is 26.2 Å². The van der Waals surface area contributed by atoms with Gasteiger partial charge in [0.05, 0.1) is 6.61 Å². The number of likely N-dealkylation sites (tertiary alicyclic amines) is 1. The highest BCUT2D eigenvalue weighted by atomic mass is 16.3. The molecule has 1 heterocycles. The molecule has 0 aromatic rings. The molecule has 1 aliphatic rings. The molecule has 3 atom stereocenters. The molecule has 1 saturated heterocycles. The smallest absolute Gasteiger partial charge is 0.0601 e. The van der Waals surface area contributed by atoms with Crippen molar-refractivity contribution >= 4 is 0 Å². The van der Waals surface area contributed by atoms with Crippen LogP contribution in [0.15, 0.2) is 0 Å². The van der Waals surface area contributed by atoms with Gasteiger partial charge in [0, 0.05) is 24.7 Å². The van der Waals surface area contributed by atoms with E-state index in [1.54, 1.807) is 0 Å². The van der Waals surface area contributed by atoms with Crippen LogP contribution in [0.25, 0.3) is 0 Å². The van der Waals surface area contributed by atoms with E-state index in [0.29, 0.717) is 6.04 Å². The molecule has 3 N–H and O–H groups in total. The number of likely N-dealkylation sites (N-methyl/N-ethyl adjacent to an activating group) is 1. The van der Waals surface area contributed by atoms with Gasteiger partial charge in [0.25, 0.3) is 0 Å². The van der Waals surface area contributed by atoms with Gasteiger partial charge in [0.1, 0.15) is 0 Å². The fraction of sp³-hybridized carbons (Fsp3) is 1.00. The zero-order chi connectivity index (χ0) is 12.1. The van der Waals surface area contributed by atoms with Crippen LogP contribution in [-0.2, 0) is 0 Å². The van der Waals surface area contributed by atoms with Gasteiger partial charge in [-0.1, -0.05) is 6.92 Å². The van der Waals surface area contributed by atoms with Crippen LogP contribution in [0, 0.1) is 0 Å². The van der Waals surface area contributed by atoms with Gasteiger partial charge in [-0.15, -0.1) is 0 Å². The lowest BCUT2D eigenvalue weighted by molar-refractivity contribution is 0.0520. The van der Waals surface area contributed by atoms with Crippen molar-refractivity contribution in [2.24, 2.45) is 5.73 Å². The van der Waals surface area contributed by atoms with Gasteiger partial charge in [0.15, 0.2) is 0 Å². The third kappa shape index (κ3) is 3.42. The van der Waals surface area contributed by atoms with Gasteiger partial charge < -0.3 is 15.7 Å². The predicted molar refractivity (Wildman–Crippen MR) is 67.4 cm³/mol. The summed E-state index contributed by atoms with van der Waals surface area (Å²) in [5.74, 6) is 0. The predicted octanol–water partition coefficient (Wildman–Crippen LogP) is 0.111. The van der Waals surface area contributed by atoms with Crippen molar-refractivity contribution in [2.45, 2.75) is 44.3 Å². The van der Waals surface area contributed by atoms with Crippen molar-refractivity contribution in [1.29, 1.82) is 0 Å². The maximum absolute atomic E-state index is 9.47. The van der Waals surface area contributed by atoms with Crippen LogP contribution in [0.4, 0.5) is 0 Å². The average molecular weight is 229 g/mol. The van der Waals surface area contributed by atoms with E-state index in [1.165, 1.54) is 12.8 Å². The first-order valence-electron chi connectivity index (χ1n) is 6.37. The number of aliphatic hydroxyl groups is 1. The first-order chi connectivity index (χ1) is 7.60. The summed E-state index contributed by atoms with van der Waals surface area (Å²) in [4.78, 5) is 4.64. The van der Waals surface area contributed by atoms with E-state index in [0.717, 1.165) is 19.5 Å². The Hall–Kier alpha value is -0.160. The minimum atomic E-state index is 0.0888. The topological polar surface area (TPSA) is 52.7 Å². The van der Waals surface area contributed by atoms with E-state index < -0.39 is 0 Å². The quantitative estimate of drug-likeness (QED) is 0.702. The highest BCUT2D eigenvalue weighted by Crippen LogP contribution is 2.17. The lowest BCUT2D eigenvalue weighted by Gasteiger charge is -2.41. The minimum Gasteiger partial charge on any atom is -0.395 e. The molecule has 1 aliphatic heterocycles. The minimum absolute atomic E-state index is 0.0888. The highest BCUT2D eigenvalue weighted by Gasteiger charge is 2.29. The third-order valence-electron chi connectivity index (χ3n) is 3.78. The van der Waals surface area contributed by atoms with Gasteiger partial charge in [-0.2, -0.15) is 0 Å². The number of nitrogens with two attached hydrogens (primary N) is 1. The maximum Gasteiger partial charge on any atom is 0.0601 e. The van der Waals surface area contributed by atoms with E-state index in [9.17, 15) is 5.11 Å². The molecule has 4 nitrogen and oxygen atoms in total. The van der Waals surface area contributed by atoms with E-state index in [4.69, 9.17) is 5.73 Å². The Morgan fingerprint density at radius 3 is 2.69 bits per heavy atom. The van der Waals surface area contributed by atoms with Crippen molar-refractivity contribution in [3.63, 3.8) is 0 Å². The molecule has 4 heteroatoms. The second-order valence-corrected chi connectivity index (χ2v) is 5.08. The zero-order valence-electron chi connectivity index (χ0n) is 10.9. The van der Waals surface area contributed by atoms with Gasteiger partial charge in [0.2, 0.25) is 0 Å². The standard InChI is InChI=1S/C12H27N3O/c1-4-11(13)12(9-16)15-7-5-6-10(8-15)14(2)3/h10-12,16H,4-9,13H2,1-3H3. The van der Waals surface area contributed by atoms with Gasteiger partial charge >= 0.3 is 0 Å². The van der Waals surface area contributed by atoms with E-state index in [2.05, 4.69) is 30.8 Å². The molecular formula is C12H27N3O. The molecule has 16 heavy (non-hydrogen) atoms. The van der Waals surface area contributed by atoms with Crippen molar-refractivity contribution in [3.8, 4) is 0 Å². The summed E-state index contributed by atoms with van der Waals surface area (Å²) in [6, 6.07) is 0.825. The third-order valence-corrected chi connectivity index (χ3v) is 3.78. The van der Waals surface area contributed by atoms with Crippen LogP contribution >= 0.6 is 0 Å². The highest BCUT2D eigenvalue weighted by molar-refractivity contribution is 4.87. The fourth-order valence-corrected chi connectivity index (χ4v) is 2.50. The largest absolute Gasteiger partial charge is 0.395 e. The molecule has 0 aromatic carbocycles. The molecular weight excluding hydrogens is 202 g/mol. The number of hydrogen-bond acceptors (Lipinski definition) is 4. The maximum atomic E-state index is 9.47. The Labute approximate surface area is 99.4 Å². The SMILES string of the molecule is CCC(N)C(CO)N1CCCC(N(C)C)C1. The van der Waals surface area contributed by atoms with Gasteiger partial charge in [-0.25, -0.2) is 0 Å². The van der Waals surface area contributed by atoms with Crippen molar-refractivity contribution in [3.05, 3.63) is 0 Å². The molecule has 0 spiro atoms. The molecule has 0 saturated carbocycles. The van der Waals surface area contributed by atoms with Crippen LogP contribution in [0.3, 0.4) is 0 Å². The Balaban J connectivity index is 2.56. The lowest BCUT2D eigenvalue weighted by Crippen LogP contribution is -2.56. The van der Waals surface area contributed by atoms with E-state index in [-0.39, 0.29) is 18.7 Å². The summed E-state index contributed by atoms with van der Waals surface area (Å²) in [5, 5.41) is 9.47. The Kier molecular flexibility index (Phi) is 5.69.